The molecule has 0 saturated heterocycles. The average molecular weight is 536 g/mol. The van der Waals surface area contributed by atoms with Crippen LogP contribution in [0.2, 0.25) is 0 Å². The van der Waals surface area contributed by atoms with Gasteiger partial charge in [0.25, 0.3) is 0 Å². The maximum Gasteiger partial charge on any atom is 0.494 e. The molecule has 0 spiro atoms. The van der Waals surface area contributed by atoms with Crippen LogP contribution in [-0.2, 0) is 25.3 Å². The van der Waals surface area contributed by atoms with Crippen LogP contribution in [0, 0.1) is 12.8 Å². The van der Waals surface area contributed by atoms with Crippen molar-refractivity contribution in [3.63, 3.8) is 0 Å². The van der Waals surface area contributed by atoms with Crippen molar-refractivity contribution in [1.82, 2.24) is 4.98 Å². The Morgan fingerprint density at radius 1 is 1.14 bits per heavy atom. The summed E-state index contributed by atoms with van der Waals surface area (Å²) in [5, 5.41) is 2.02. The van der Waals surface area contributed by atoms with E-state index in [0.717, 1.165) is 26.8 Å². The van der Waals surface area contributed by atoms with Crippen LogP contribution in [0.4, 0.5) is 0 Å². The molecule has 200 valence electrons. The van der Waals surface area contributed by atoms with E-state index < -0.39 is 17.5 Å². The Labute approximate surface area is 226 Å². The number of thiazole rings is 1. The molecule has 0 amide bonds. The second-order valence-electron chi connectivity index (χ2n) is 11.3. The lowest BCUT2D eigenvalue weighted by Crippen LogP contribution is -2.45. The van der Waals surface area contributed by atoms with Crippen molar-refractivity contribution in [2.24, 2.45) is 5.92 Å². The van der Waals surface area contributed by atoms with Gasteiger partial charge in [0, 0.05) is 18.9 Å². The fourth-order valence-electron chi connectivity index (χ4n) is 3.02. The van der Waals surface area contributed by atoms with Gasteiger partial charge in [-0.3, -0.25) is 4.79 Å². The van der Waals surface area contributed by atoms with Crippen molar-refractivity contribution in [3.05, 3.63) is 34.8 Å². The first kappa shape index (κ1) is 30.7. The van der Waals surface area contributed by atoms with Crippen molar-refractivity contribution < 1.29 is 23.6 Å². The van der Waals surface area contributed by atoms with Gasteiger partial charge in [-0.15, -0.1) is 11.3 Å². The lowest BCUT2D eigenvalue weighted by molar-refractivity contribution is -0.156. The highest BCUT2D eigenvalue weighted by molar-refractivity contribution is 8.03. The molecule has 1 aromatic carbocycles. The van der Waals surface area contributed by atoms with Crippen molar-refractivity contribution in [2.75, 3.05) is 13.7 Å². The van der Waals surface area contributed by atoms with Crippen LogP contribution in [0.1, 0.15) is 73.6 Å². The number of thioether (sulfide) groups is 1. The molecule has 0 N–H and O–H groups in total. The molecular weight excluding hydrogens is 493 g/mol. The van der Waals surface area contributed by atoms with Gasteiger partial charge in [-0.1, -0.05) is 37.7 Å². The van der Waals surface area contributed by atoms with Crippen LogP contribution in [0.3, 0.4) is 0 Å². The van der Waals surface area contributed by atoms with Crippen LogP contribution in [0.25, 0.3) is 0 Å². The van der Waals surface area contributed by atoms with Crippen LogP contribution >= 0.6 is 23.1 Å². The zero-order valence-corrected chi connectivity index (χ0v) is 25.3. The third kappa shape index (κ3) is 9.08. The van der Waals surface area contributed by atoms with Crippen LogP contribution in [-0.4, -0.2) is 47.7 Å². The lowest BCUT2D eigenvalue weighted by atomic mass is 9.76. The maximum absolute atomic E-state index is 12.5. The van der Waals surface area contributed by atoms with E-state index in [0.29, 0.717) is 18.9 Å². The number of esters is 1. The highest BCUT2D eigenvalue weighted by Gasteiger charge is 2.35. The number of carbonyl (C=O) groups is 1. The Balaban J connectivity index is 1.94. The molecule has 0 aliphatic rings. The standard InChI is InChI=1S/C27H42BNO5S2/c1-18(2)26(7,8)34-28(31-11)20-12-13-22(19(3)16-20)32-15-14-21-17-35-24(29-21)36-27(9,10)23(30)33-25(4,5)6/h12-13,16-18H,14-15H2,1-11H3. The third-order valence-electron chi connectivity index (χ3n) is 5.87. The van der Waals surface area contributed by atoms with Crippen molar-refractivity contribution in [2.45, 2.75) is 95.9 Å². The largest absolute Gasteiger partial charge is 0.494 e. The Bertz CT molecular complexity index is 1010. The third-order valence-corrected chi connectivity index (χ3v) is 8.03. The molecule has 9 heteroatoms. The summed E-state index contributed by atoms with van der Waals surface area (Å²) in [5.41, 5.74) is 2.11. The SMILES string of the molecule is COB(OC(C)(C)C(C)C)c1ccc(OCCc2csc(SC(C)(C)C(=O)OC(C)(C)C)n2)c(C)c1. The molecule has 36 heavy (non-hydrogen) atoms. The molecule has 0 aliphatic carbocycles. The molecule has 0 bridgehead atoms. The van der Waals surface area contributed by atoms with E-state index in [4.69, 9.17) is 18.8 Å². The van der Waals surface area contributed by atoms with Crippen molar-refractivity contribution in [3.8, 4) is 5.75 Å². The first-order chi connectivity index (χ1) is 16.5. The summed E-state index contributed by atoms with van der Waals surface area (Å²) in [6.45, 7) is 20.3. The summed E-state index contributed by atoms with van der Waals surface area (Å²) in [4.78, 5) is 17.2. The number of hydrogen-bond donors (Lipinski definition) is 0. The minimum Gasteiger partial charge on any atom is -0.493 e. The smallest absolute Gasteiger partial charge is 0.493 e. The average Bonchev–Trinajstić information content (AvgIpc) is 3.18. The summed E-state index contributed by atoms with van der Waals surface area (Å²) in [6.07, 6.45) is 0.678. The first-order valence-electron chi connectivity index (χ1n) is 12.3. The molecule has 2 rings (SSSR count). The van der Waals surface area contributed by atoms with Crippen LogP contribution < -0.4 is 10.2 Å². The van der Waals surface area contributed by atoms with Gasteiger partial charge in [-0.25, -0.2) is 4.98 Å². The molecule has 1 aromatic heterocycles. The van der Waals surface area contributed by atoms with Gasteiger partial charge in [0.05, 0.1) is 17.9 Å². The topological polar surface area (TPSA) is 66.9 Å². The number of carbonyl (C=O) groups excluding carboxylic acids is 1. The van der Waals surface area contributed by atoms with E-state index >= 15 is 0 Å². The number of aromatic nitrogens is 1. The zero-order chi connectivity index (χ0) is 27.3. The Morgan fingerprint density at radius 3 is 2.36 bits per heavy atom. The summed E-state index contributed by atoms with van der Waals surface area (Å²) in [5.74, 6) is 0.937. The normalized spacial score (nSPS) is 12.7. The van der Waals surface area contributed by atoms with Crippen molar-refractivity contribution >= 4 is 41.6 Å². The number of benzene rings is 1. The van der Waals surface area contributed by atoms with E-state index in [2.05, 4.69) is 38.7 Å². The van der Waals surface area contributed by atoms with E-state index in [1.165, 1.54) is 23.1 Å². The van der Waals surface area contributed by atoms with Gasteiger partial charge in [0.15, 0.2) is 4.34 Å². The van der Waals surface area contributed by atoms with Gasteiger partial charge >= 0.3 is 13.1 Å². The molecule has 6 nitrogen and oxygen atoms in total. The van der Waals surface area contributed by atoms with Crippen molar-refractivity contribution in [1.29, 1.82) is 0 Å². The molecule has 0 aliphatic heterocycles. The number of nitrogens with zero attached hydrogens (tertiary/aromatic N) is 1. The molecule has 0 atom stereocenters. The van der Waals surface area contributed by atoms with Gasteiger partial charge < -0.3 is 18.8 Å². The second kappa shape index (κ2) is 12.3. The molecule has 1 heterocycles. The summed E-state index contributed by atoms with van der Waals surface area (Å²) >= 11 is 2.96. The quantitative estimate of drug-likeness (QED) is 0.185. The number of hydrogen-bond acceptors (Lipinski definition) is 8. The second-order valence-corrected chi connectivity index (χ2v) is 14.0. The minimum absolute atomic E-state index is 0.243. The molecule has 0 saturated carbocycles. The van der Waals surface area contributed by atoms with Crippen LogP contribution in [0.5, 0.6) is 5.75 Å². The monoisotopic (exact) mass is 535 g/mol. The Kier molecular flexibility index (Phi) is 10.5. The summed E-state index contributed by atoms with van der Waals surface area (Å²) in [6, 6.07) is 6.01. The van der Waals surface area contributed by atoms with E-state index in [-0.39, 0.29) is 11.6 Å². The predicted molar refractivity (Wildman–Crippen MR) is 151 cm³/mol. The Hall–Kier alpha value is -1.55. The highest BCUT2D eigenvalue weighted by Crippen LogP contribution is 2.36. The van der Waals surface area contributed by atoms with Crippen LogP contribution in [0.15, 0.2) is 27.9 Å². The molecule has 2 aromatic rings. The first-order valence-corrected chi connectivity index (χ1v) is 14.0. The zero-order valence-electron chi connectivity index (χ0n) is 23.7. The summed E-state index contributed by atoms with van der Waals surface area (Å²) in [7, 11) is 1.22. The van der Waals surface area contributed by atoms with E-state index in [1.54, 1.807) is 7.11 Å². The van der Waals surface area contributed by atoms with Gasteiger partial charge in [0.1, 0.15) is 16.1 Å². The highest BCUT2D eigenvalue weighted by atomic mass is 32.2. The van der Waals surface area contributed by atoms with Gasteiger partial charge in [-0.05, 0) is 78.4 Å². The van der Waals surface area contributed by atoms with E-state index in [9.17, 15) is 4.79 Å². The molecule has 0 fully saturated rings. The number of ether oxygens (including phenoxy) is 2. The number of aryl methyl sites for hydroxylation is 1. The fraction of sp³-hybridized carbons (Fsp3) is 0.630. The lowest BCUT2D eigenvalue weighted by Gasteiger charge is -2.32. The fourth-order valence-corrected chi connectivity index (χ4v) is 5.29. The van der Waals surface area contributed by atoms with E-state index in [1.807, 2.05) is 59.1 Å². The predicted octanol–water partition coefficient (Wildman–Crippen LogP) is 6.08. The molecular formula is C27H42BNO5S2. The van der Waals surface area contributed by atoms with Gasteiger partial charge in [-0.2, -0.15) is 0 Å². The number of rotatable bonds is 12. The molecule has 0 unspecified atom stereocenters. The minimum atomic E-state index is -0.716. The molecule has 0 radical (unpaired) electrons. The summed E-state index contributed by atoms with van der Waals surface area (Å²) < 4.78 is 23.6. The maximum atomic E-state index is 12.5. The Morgan fingerprint density at radius 2 is 1.81 bits per heavy atom. The van der Waals surface area contributed by atoms with Gasteiger partial charge in [0.2, 0.25) is 0 Å².